The number of rotatable bonds is 6. The lowest BCUT2D eigenvalue weighted by molar-refractivity contribution is 0.0524. The maximum absolute atomic E-state index is 11.9. The maximum atomic E-state index is 11.9. The van der Waals surface area contributed by atoms with Crippen molar-refractivity contribution in [3.8, 4) is 17.1 Å². The fourth-order valence-corrected chi connectivity index (χ4v) is 1.76. The van der Waals surface area contributed by atoms with Gasteiger partial charge in [0.2, 0.25) is 0 Å². The van der Waals surface area contributed by atoms with Crippen molar-refractivity contribution < 1.29 is 14.3 Å². The molecule has 6 heteroatoms. The number of benzene rings is 1. The molecule has 114 valence electrons. The molecule has 6 nitrogen and oxygen atoms in total. The second kappa shape index (κ2) is 7.21. The first-order valence-electron chi connectivity index (χ1n) is 6.76. The molecule has 1 aromatic carbocycles. The minimum atomic E-state index is -0.684. The molecule has 0 aliphatic heterocycles. The number of esters is 1. The minimum absolute atomic E-state index is 0.114. The van der Waals surface area contributed by atoms with Gasteiger partial charge in [-0.2, -0.15) is 0 Å². The molecule has 0 atom stereocenters. The standard InChI is InChI=1S/C16H16N2O4/c1-3-9-22-12-7-5-11(6-8-12)14-17-10-13(15(19)18-14)16(20)21-4-2/h3,5-8,10H,1,4,9H2,2H3,(H,17,18,19). The summed E-state index contributed by atoms with van der Waals surface area (Å²) in [5.41, 5.74) is 0.0606. The SMILES string of the molecule is C=CCOc1ccc(-c2ncc(C(=O)OCC)c(=O)[nH]2)cc1. The molecule has 1 heterocycles. The Hall–Kier alpha value is -2.89. The van der Waals surface area contributed by atoms with Gasteiger partial charge in [0.1, 0.15) is 23.7 Å². The predicted octanol–water partition coefficient (Wildman–Crippen LogP) is 2.18. The van der Waals surface area contributed by atoms with Crippen LogP contribution in [-0.2, 0) is 4.74 Å². The molecule has 0 bridgehead atoms. The van der Waals surface area contributed by atoms with Crippen LogP contribution in [0.1, 0.15) is 17.3 Å². The van der Waals surface area contributed by atoms with Gasteiger partial charge in [0.05, 0.1) is 6.61 Å². The minimum Gasteiger partial charge on any atom is -0.490 e. The first kappa shape index (κ1) is 15.5. The van der Waals surface area contributed by atoms with Gasteiger partial charge >= 0.3 is 5.97 Å². The van der Waals surface area contributed by atoms with Crippen molar-refractivity contribution in [1.82, 2.24) is 9.97 Å². The zero-order valence-electron chi connectivity index (χ0n) is 12.2. The molecule has 0 radical (unpaired) electrons. The Labute approximate surface area is 127 Å². The van der Waals surface area contributed by atoms with Crippen LogP contribution >= 0.6 is 0 Å². The highest BCUT2D eigenvalue weighted by atomic mass is 16.5. The van der Waals surface area contributed by atoms with Crippen LogP contribution in [0, 0.1) is 0 Å². The van der Waals surface area contributed by atoms with Gasteiger partial charge in [-0.05, 0) is 31.2 Å². The van der Waals surface area contributed by atoms with Crippen LogP contribution in [0.2, 0.25) is 0 Å². The molecule has 0 spiro atoms. The molecule has 0 saturated heterocycles. The number of aromatic amines is 1. The highest BCUT2D eigenvalue weighted by Crippen LogP contribution is 2.18. The Morgan fingerprint density at radius 2 is 2.09 bits per heavy atom. The van der Waals surface area contributed by atoms with Crippen LogP contribution in [0.4, 0.5) is 0 Å². The average molecular weight is 300 g/mol. The van der Waals surface area contributed by atoms with E-state index < -0.39 is 11.5 Å². The smallest absolute Gasteiger partial charge is 0.345 e. The number of nitrogens with zero attached hydrogens (tertiary/aromatic N) is 1. The van der Waals surface area contributed by atoms with Gasteiger partial charge in [-0.3, -0.25) is 4.79 Å². The monoisotopic (exact) mass is 300 g/mol. The van der Waals surface area contributed by atoms with Crippen LogP contribution in [0.3, 0.4) is 0 Å². The van der Waals surface area contributed by atoms with Gasteiger partial charge in [-0.25, -0.2) is 9.78 Å². The fourth-order valence-electron chi connectivity index (χ4n) is 1.76. The van der Waals surface area contributed by atoms with Crippen molar-refractivity contribution in [2.45, 2.75) is 6.92 Å². The van der Waals surface area contributed by atoms with Crippen molar-refractivity contribution >= 4 is 5.97 Å². The number of nitrogens with one attached hydrogen (secondary N) is 1. The molecule has 0 fully saturated rings. The molecule has 0 saturated carbocycles. The van der Waals surface area contributed by atoms with Crippen molar-refractivity contribution in [2.24, 2.45) is 0 Å². The Balaban J connectivity index is 2.22. The maximum Gasteiger partial charge on any atom is 0.345 e. The van der Waals surface area contributed by atoms with Gasteiger partial charge < -0.3 is 14.5 Å². The molecule has 22 heavy (non-hydrogen) atoms. The molecule has 1 N–H and O–H groups in total. The van der Waals surface area contributed by atoms with Crippen molar-refractivity contribution in [1.29, 1.82) is 0 Å². The normalized spacial score (nSPS) is 10.0. The second-order valence-electron chi connectivity index (χ2n) is 4.32. The van der Waals surface area contributed by atoms with E-state index in [-0.39, 0.29) is 12.2 Å². The molecule has 0 aliphatic carbocycles. The number of carbonyl (C=O) groups is 1. The van der Waals surface area contributed by atoms with E-state index in [2.05, 4.69) is 16.5 Å². The molecule has 1 aromatic heterocycles. The molecule has 2 aromatic rings. The zero-order chi connectivity index (χ0) is 15.9. The number of carbonyl (C=O) groups excluding carboxylic acids is 1. The summed E-state index contributed by atoms with van der Waals surface area (Å²) in [6.07, 6.45) is 2.87. The van der Waals surface area contributed by atoms with E-state index >= 15 is 0 Å². The van der Waals surface area contributed by atoms with E-state index in [0.29, 0.717) is 23.7 Å². The third-order valence-electron chi connectivity index (χ3n) is 2.79. The summed E-state index contributed by atoms with van der Waals surface area (Å²) >= 11 is 0. The van der Waals surface area contributed by atoms with E-state index in [1.165, 1.54) is 6.20 Å². The number of hydrogen-bond donors (Lipinski definition) is 1. The molecule has 0 aliphatic rings. The Kier molecular flexibility index (Phi) is 5.08. The third-order valence-corrected chi connectivity index (χ3v) is 2.79. The van der Waals surface area contributed by atoms with Gasteiger partial charge in [-0.15, -0.1) is 0 Å². The van der Waals surface area contributed by atoms with Crippen molar-refractivity contribution in [2.75, 3.05) is 13.2 Å². The van der Waals surface area contributed by atoms with E-state index in [1.807, 2.05) is 0 Å². The number of hydrogen-bond acceptors (Lipinski definition) is 5. The number of ether oxygens (including phenoxy) is 2. The van der Waals surface area contributed by atoms with E-state index in [1.54, 1.807) is 37.3 Å². The highest BCUT2D eigenvalue weighted by Gasteiger charge is 2.13. The third kappa shape index (κ3) is 3.60. The zero-order valence-corrected chi connectivity index (χ0v) is 12.2. The lowest BCUT2D eigenvalue weighted by Gasteiger charge is -2.05. The molecule has 0 amide bonds. The highest BCUT2D eigenvalue weighted by molar-refractivity contribution is 5.88. The summed E-state index contributed by atoms with van der Waals surface area (Å²) in [4.78, 5) is 30.1. The number of H-pyrrole nitrogens is 1. The summed E-state index contributed by atoms with van der Waals surface area (Å²) in [7, 11) is 0. The van der Waals surface area contributed by atoms with Crippen LogP contribution in [0.25, 0.3) is 11.4 Å². The van der Waals surface area contributed by atoms with Crippen LogP contribution in [-0.4, -0.2) is 29.2 Å². The topological polar surface area (TPSA) is 81.3 Å². The van der Waals surface area contributed by atoms with Gasteiger partial charge in [-0.1, -0.05) is 12.7 Å². The summed E-state index contributed by atoms with van der Waals surface area (Å²) in [5, 5.41) is 0. The van der Waals surface area contributed by atoms with E-state index in [4.69, 9.17) is 9.47 Å². The Bertz CT molecular complexity index is 720. The lowest BCUT2D eigenvalue weighted by atomic mass is 10.2. The molecule has 2 rings (SSSR count). The Morgan fingerprint density at radius 3 is 2.68 bits per heavy atom. The second-order valence-corrected chi connectivity index (χ2v) is 4.32. The summed E-state index contributed by atoms with van der Waals surface area (Å²) in [5.74, 6) is 0.374. The van der Waals surface area contributed by atoms with Crippen molar-refractivity contribution in [3.63, 3.8) is 0 Å². The van der Waals surface area contributed by atoms with Crippen LogP contribution in [0.15, 0.2) is 47.9 Å². The summed E-state index contributed by atoms with van der Waals surface area (Å²) in [6.45, 7) is 5.86. The van der Waals surface area contributed by atoms with Crippen LogP contribution < -0.4 is 10.3 Å². The van der Waals surface area contributed by atoms with E-state index in [9.17, 15) is 9.59 Å². The quantitative estimate of drug-likeness (QED) is 0.653. The molecular formula is C16H16N2O4. The largest absolute Gasteiger partial charge is 0.490 e. The predicted molar refractivity (Wildman–Crippen MR) is 81.9 cm³/mol. The number of aromatic nitrogens is 2. The first-order valence-corrected chi connectivity index (χ1v) is 6.76. The lowest BCUT2D eigenvalue weighted by Crippen LogP contribution is -2.20. The van der Waals surface area contributed by atoms with Crippen molar-refractivity contribution in [3.05, 3.63) is 59.0 Å². The fraction of sp³-hybridized carbons (Fsp3) is 0.188. The Morgan fingerprint density at radius 1 is 1.36 bits per heavy atom. The van der Waals surface area contributed by atoms with Gasteiger partial charge in [0, 0.05) is 11.8 Å². The molecular weight excluding hydrogens is 284 g/mol. The van der Waals surface area contributed by atoms with Gasteiger partial charge in [0.25, 0.3) is 5.56 Å². The van der Waals surface area contributed by atoms with Gasteiger partial charge in [0.15, 0.2) is 0 Å². The summed E-state index contributed by atoms with van der Waals surface area (Å²) in [6, 6.07) is 7.05. The van der Waals surface area contributed by atoms with E-state index in [0.717, 1.165) is 0 Å². The average Bonchev–Trinajstić information content (AvgIpc) is 2.53. The van der Waals surface area contributed by atoms with Crippen LogP contribution in [0.5, 0.6) is 5.75 Å². The summed E-state index contributed by atoms with van der Waals surface area (Å²) < 4.78 is 10.2. The first-order chi connectivity index (χ1) is 10.7. The molecule has 0 unspecified atom stereocenters.